The average molecular weight is 332 g/mol. The van der Waals surface area contributed by atoms with E-state index in [-0.39, 0.29) is 6.10 Å². The largest absolute Gasteiger partial charge is 0.369 e. The van der Waals surface area contributed by atoms with Crippen molar-refractivity contribution in [3.8, 4) is 0 Å². The van der Waals surface area contributed by atoms with E-state index < -0.39 is 0 Å². The predicted molar refractivity (Wildman–Crippen MR) is 90.3 cm³/mol. The number of thiazole rings is 1. The molecule has 0 N–H and O–H groups in total. The van der Waals surface area contributed by atoms with Gasteiger partial charge in [0.05, 0.1) is 35.7 Å². The number of rotatable bonds is 4. The second-order valence-electron chi connectivity index (χ2n) is 6.66. The lowest BCUT2D eigenvalue weighted by Gasteiger charge is -2.29. The summed E-state index contributed by atoms with van der Waals surface area (Å²) in [5.74, 6) is 0. The summed E-state index contributed by atoms with van der Waals surface area (Å²) in [6.45, 7) is 5.48. The SMILES string of the molecule is Cc1nc(COC2CN(C3CCCC3)Cc3ccnn3C2)cs1. The van der Waals surface area contributed by atoms with Crippen LogP contribution in [-0.4, -0.2) is 38.4 Å². The van der Waals surface area contributed by atoms with Crippen LogP contribution in [0.1, 0.15) is 42.1 Å². The zero-order valence-electron chi connectivity index (χ0n) is 13.6. The van der Waals surface area contributed by atoms with Gasteiger partial charge >= 0.3 is 0 Å². The molecule has 2 aromatic rings. The van der Waals surface area contributed by atoms with Crippen molar-refractivity contribution in [3.05, 3.63) is 34.0 Å². The van der Waals surface area contributed by atoms with Crippen molar-refractivity contribution in [1.29, 1.82) is 0 Å². The molecule has 0 aromatic carbocycles. The Morgan fingerprint density at radius 2 is 2.17 bits per heavy atom. The fraction of sp³-hybridized carbons (Fsp3) is 0.647. The van der Waals surface area contributed by atoms with Crippen molar-refractivity contribution in [1.82, 2.24) is 19.7 Å². The lowest BCUT2D eigenvalue weighted by molar-refractivity contribution is -0.000558. The number of fused-ring (bicyclic) bond motifs is 1. The van der Waals surface area contributed by atoms with Gasteiger partial charge in [-0.05, 0) is 25.8 Å². The van der Waals surface area contributed by atoms with Crippen LogP contribution in [-0.2, 0) is 24.4 Å². The molecule has 6 heteroatoms. The standard InChI is InChI=1S/C17H24N4OS/c1-13-19-14(12-23-13)11-22-17-9-20(15-4-2-3-5-15)8-16-6-7-18-21(16)10-17/h6-7,12,15,17H,2-5,8-11H2,1H3. The molecular weight excluding hydrogens is 308 g/mol. The Kier molecular flexibility index (Phi) is 4.46. The molecule has 2 aromatic heterocycles. The summed E-state index contributed by atoms with van der Waals surface area (Å²) in [4.78, 5) is 7.12. The highest BCUT2D eigenvalue weighted by molar-refractivity contribution is 7.09. The summed E-state index contributed by atoms with van der Waals surface area (Å²) in [6, 6.07) is 2.86. The Balaban J connectivity index is 1.46. The van der Waals surface area contributed by atoms with E-state index in [1.54, 1.807) is 11.3 Å². The molecule has 2 aliphatic rings. The van der Waals surface area contributed by atoms with Gasteiger partial charge in [0, 0.05) is 30.7 Å². The van der Waals surface area contributed by atoms with Crippen molar-refractivity contribution >= 4 is 11.3 Å². The van der Waals surface area contributed by atoms with Crippen LogP contribution in [0.4, 0.5) is 0 Å². The van der Waals surface area contributed by atoms with E-state index in [0.717, 1.165) is 30.3 Å². The monoisotopic (exact) mass is 332 g/mol. The van der Waals surface area contributed by atoms with Crippen LogP contribution < -0.4 is 0 Å². The van der Waals surface area contributed by atoms with Crippen molar-refractivity contribution in [3.63, 3.8) is 0 Å². The van der Waals surface area contributed by atoms with Crippen LogP contribution in [0.25, 0.3) is 0 Å². The van der Waals surface area contributed by atoms with E-state index in [9.17, 15) is 0 Å². The van der Waals surface area contributed by atoms with Gasteiger partial charge in [-0.1, -0.05) is 12.8 Å². The van der Waals surface area contributed by atoms with E-state index in [2.05, 4.69) is 31.1 Å². The molecule has 0 bridgehead atoms. The van der Waals surface area contributed by atoms with E-state index in [4.69, 9.17) is 4.74 Å². The first-order valence-electron chi connectivity index (χ1n) is 8.55. The van der Waals surface area contributed by atoms with Crippen LogP contribution in [0.15, 0.2) is 17.6 Å². The number of aromatic nitrogens is 3. The summed E-state index contributed by atoms with van der Waals surface area (Å²) >= 11 is 1.69. The summed E-state index contributed by atoms with van der Waals surface area (Å²) < 4.78 is 8.34. The molecule has 5 nitrogen and oxygen atoms in total. The topological polar surface area (TPSA) is 43.2 Å². The van der Waals surface area contributed by atoms with Gasteiger partial charge in [-0.3, -0.25) is 9.58 Å². The van der Waals surface area contributed by atoms with Crippen molar-refractivity contribution in [2.75, 3.05) is 6.54 Å². The zero-order chi connectivity index (χ0) is 15.6. The van der Waals surface area contributed by atoms with Gasteiger partial charge in [-0.2, -0.15) is 5.10 Å². The minimum atomic E-state index is 0.179. The normalized spacial score (nSPS) is 23.1. The fourth-order valence-electron chi connectivity index (χ4n) is 3.77. The quantitative estimate of drug-likeness (QED) is 0.863. The maximum absolute atomic E-state index is 6.22. The third kappa shape index (κ3) is 3.49. The average Bonchev–Trinajstić information content (AvgIpc) is 3.26. The Morgan fingerprint density at radius 1 is 1.30 bits per heavy atom. The molecule has 1 aliphatic carbocycles. The first kappa shape index (κ1) is 15.3. The van der Waals surface area contributed by atoms with E-state index >= 15 is 0 Å². The molecule has 0 radical (unpaired) electrons. The molecule has 23 heavy (non-hydrogen) atoms. The molecule has 1 aliphatic heterocycles. The zero-order valence-corrected chi connectivity index (χ0v) is 14.5. The highest BCUT2D eigenvalue weighted by Crippen LogP contribution is 2.27. The maximum Gasteiger partial charge on any atom is 0.0903 e. The van der Waals surface area contributed by atoms with E-state index in [1.165, 1.54) is 31.4 Å². The molecule has 0 saturated heterocycles. The Hall–Kier alpha value is -1.24. The molecule has 1 unspecified atom stereocenters. The number of nitrogens with zero attached hydrogens (tertiary/aromatic N) is 4. The third-order valence-electron chi connectivity index (χ3n) is 4.96. The third-order valence-corrected chi connectivity index (χ3v) is 5.78. The lowest BCUT2D eigenvalue weighted by atomic mass is 10.2. The van der Waals surface area contributed by atoms with Crippen LogP contribution in [0.5, 0.6) is 0 Å². The van der Waals surface area contributed by atoms with Gasteiger partial charge in [0.15, 0.2) is 0 Å². The molecule has 1 fully saturated rings. The fourth-order valence-corrected chi connectivity index (χ4v) is 4.37. The van der Waals surface area contributed by atoms with Gasteiger partial charge in [0.25, 0.3) is 0 Å². The summed E-state index contributed by atoms with van der Waals surface area (Å²) in [6.07, 6.45) is 7.47. The second-order valence-corrected chi connectivity index (χ2v) is 7.73. The molecule has 4 rings (SSSR count). The Morgan fingerprint density at radius 3 is 2.96 bits per heavy atom. The Bertz CT molecular complexity index is 647. The summed E-state index contributed by atoms with van der Waals surface area (Å²) in [5, 5.41) is 7.68. The van der Waals surface area contributed by atoms with Crippen molar-refractivity contribution in [2.24, 2.45) is 0 Å². The minimum Gasteiger partial charge on any atom is -0.369 e. The van der Waals surface area contributed by atoms with Gasteiger partial charge in [0.1, 0.15) is 0 Å². The summed E-state index contributed by atoms with van der Waals surface area (Å²) in [5.41, 5.74) is 2.36. The molecule has 0 spiro atoms. The maximum atomic E-state index is 6.22. The number of ether oxygens (including phenoxy) is 1. The second kappa shape index (κ2) is 6.71. The molecule has 3 heterocycles. The molecule has 1 atom stereocenters. The van der Waals surface area contributed by atoms with Crippen LogP contribution >= 0.6 is 11.3 Å². The van der Waals surface area contributed by atoms with Gasteiger partial charge in [-0.15, -0.1) is 11.3 Å². The first-order chi connectivity index (χ1) is 11.3. The lowest BCUT2D eigenvalue weighted by Crippen LogP contribution is -2.38. The van der Waals surface area contributed by atoms with E-state index in [1.807, 2.05) is 13.1 Å². The molecule has 1 saturated carbocycles. The Labute approximate surface area is 141 Å². The van der Waals surface area contributed by atoms with Crippen LogP contribution in [0.2, 0.25) is 0 Å². The van der Waals surface area contributed by atoms with E-state index in [0.29, 0.717) is 12.6 Å². The number of hydrogen-bond donors (Lipinski definition) is 0. The van der Waals surface area contributed by atoms with Crippen LogP contribution in [0, 0.1) is 6.92 Å². The first-order valence-corrected chi connectivity index (χ1v) is 9.43. The highest BCUT2D eigenvalue weighted by atomic mass is 32.1. The van der Waals surface area contributed by atoms with Gasteiger partial charge in [0.2, 0.25) is 0 Å². The minimum absolute atomic E-state index is 0.179. The molecular formula is C17H24N4OS. The molecule has 124 valence electrons. The van der Waals surface area contributed by atoms with Crippen molar-refractivity contribution in [2.45, 2.75) is 64.4 Å². The van der Waals surface area contributed by atoms with Crippen molar-refractivity contribution < 1.29 is 4.74 Å². The smallest absolute Gasteiger partial charge is 0.0903 e. The highest BCUT2D eigenvalue weighted by Gasteiger charge is 2.29. The number of hydrogen-bond acceptors (Lipinski definition) is 5. The number of aryl methyl sites for hydroxylation is 1. The predicted octanol–water partition coefficient (Wildman–Crippen LogP) is 2.99. The summed E-state index contributed by atoms with van der Waals surface area (Å²) in [7, 11) is 0. The molecule has 0 amide bonds. The van der Waals surface area contributed by atoms with Gasteiger partial charge < -0.3 is 4.74 Å². The van der Waals surface area contributed by atoms with Crippen LogP contribution in [0.3, 0.4) is 0 Å². The van der Waals surface area contributed by atoms with Gasteiger partial charge in [-0.25, -0.2) is 4.98 Å².